The highest BCUT2D eigenvalue weighted by atomic mass is 16.5. The third-order valence-corrected chi connectivity index (χ3v) is 20.8. The van der Waals surface area contributed by atoms with E-state index in [-0.39, 0.29) is 6.71 Å². The van der Waals surface area contributed by atoms with Crippen molar-refractivity contribution in [2.75, 3.05) is 19.6 Å². The number of hydrogen-bond donors (Lipinski definition) is 0. The fourth-order valence-corrected chi connectivity index (χ4v) is 16.1. The number of hydrogen-bond acceptors (Lipinski definition) is 8. The van der Waals surface area contributed by atoms with E-state index >= 15 is 0 Å². The Bertz CT molecular complexity index is 5900. The molecule has 18 aromatic rings. The van der Waals surface area contributed by atoms with Crippen molar-refractivity contribution in [2.24, 2.45) is 0 Å². The molecule has 0 radical (unpaired) electrons. The Labute approximate surface area is 646 Å². The normalized spacial score (nSPS) is 11.6. The Balaban J connectivity index is 0.000000150. The molecule has 528 valence electrons. The largest absolute Gasteiger partial charge is 0.458 e. The van der Waals surface area contributed by atoms with Crippen molar-refractivity contribution in [3.8, 4) is 46.0 Å². The van der Waals surface area contributed by atoms with Gasteiger partial charge in [0.2, 0.25) is 0 Å². The first-order valence-corrected chi connectivity index (χ1v) is 37.6. The summed E-state index contributed by atoms with van der Waals surface area (Å²) in [6.07, 6.45) is 0. The minimum atomic E-state index is -0.144. The minimum Gasteiger partial charge on any atom is -0.458 e. The maximum Gasteiger partial charge on any atom is 0.262 e. The van der Waals surface area contributed by atoms with Gasteiger partial charge < -0.3 is 38.5 Å². The summed E-state index contributed by atoms with van der Waals surface area (Å²) in [5.74, 6) is 6.21. The summed E-state index contributed by atoms with van der Waals surface area (Å²) in [6.45, 7) is 4.03. The van der Waals surface area contributed by atoms with Crippen LogP contribution in [0, 0.1) is 13.8 Å². The van der Waals surface area contributed by atoms with Crippen molar-refractivity contribution in [1.82, 2.24) is 0 Å². The van der Waals surface area contributed by atoms with Crippen LogP contribution in [0.15, 0.2) is 406 Å². The van der Waals surface area contributed by atoms with Crippen LogP contribution in [-0.2, 0) is 0 Å². The third kappa shape index (κ3) is 13.0. The van der Waals surface area contributed by atoms with Gasteiger partial charge in [0, 0.05) is 103 Å². The molecule has 2 heterocycles. The molecule has 0 fully saturated rings. The quantitative estimate of drug-likeness (QED) is 0.0887. The van der Waals surface area contributed by atoms with Crippen molar-refractivity contribution in [2.45, 2.75) is 13.8 Å². The third-order valence-electron chi connectivity index (χ3n) is 20.8. The molecule has 9 heteroatoms. The highest BCUT2D eigenvalue weighted by molar-refractivity contribution is 7.01. The lowest BCUT2D eigenvalue weighted by Crippen LogP contribution is -2.58. The lowest BCUT2D eigenvalue weighted by molar-refractivity contribution is 0.460. The summed E-state index contributed by atoms with van der Waals surface area (Å²) in [7, 11) is 0. The standard InChI is InChI=1S/C51H35BN2O2.C51H38N2O2/c1-34-30-45-51-46(31-34)56-48-33-44(54(37-22-10-4-11-23-37)38-24-12-5-13-25-38)40-27-15-17-29-42(40)50(48)52(51)49-41-28-16-14-26-39(41)43(32-47(49)55-45)53(35-18-6-2-7-19-35)36-20-8-3-9-21-36;1-37-30-44(54-46-32-38-18-14-16-28-48(38)50(35-46)52(40-20-6-2-7-21-40)41-22-8-3-9-23-41)34-45(31-37)55-47-33-39-19-15-17-29-49(39)51(36-47)53(42-24-10-4-11-25-42)43-26-12-5-13-27-43/h2-33H,1H3;2-36H,1H3. The monoisotopic (exact) mass is 1430 g/mol. The van der Waals surface area contributed by atoms with E-state index < -0.39 is 0 Å². The molecule has 0 unspecified atom stereocenters. The van der Waals surface area contributed by atoms with Crippen molar-refractivity contribution < 1.29 is 18.9 Å². The molecule has 2 aliphatic heterocycles. The molecular weight excluding hydrogens is 1360 g/mol. The van der Waals surface area contributed by atoms with Gasteiger partial charge in [0.05, 0.1) is 22.7 Å². The molecule has 18 aromatic carbocycles. The van der Waals surface area contributed by atoms with Crippen molar-refractivity contribution in [1.29, 1.82) is 0 Å². The van der Waals surface area contributed by atoms with Gasteiger partial charge in [-0.05, 0) is 191 Å². The van der Waals surface area contributed by atoms with E-state index in [2.05, 4.69) is 397 Å². The van der Waals surface area contributed by atoms with Gasteiger partial charge in [-0.1, -0.05) is 243 Å². The first-order valence-electron chi connectivity index (χ1n) is 37.6. The van der Waals surface area contributed by atoms with Gasteiger partial charge in [0.1, 0.15) is 46.0 Å². The molecule has 8 nitrogen and oxygen atoms in total. The van der Waals surface area contributed by atoms with E-state index in [0.29, 0.717) is 11.5 Å². The number of aryl methyl sites for hydroxylation is 2. The number of nitrogens with zero attached hydrogens (tertiary/aromatic N) is 4. The summed E-state index contributed by atoms with van der Waals surface area (Å²) in [4.78, 5) is 9.24. The second-order valence-electron chi connectivity index (χ2n) is 28.1. The molecule has 0 N–H and O–H groups in total. The van der Waals surface area contributed by atoms with Crippen LogP contribution in [0.25, 0.3) is 43.1 Å². The van der Waals surface area contributed by atoms with Crippen LogP contribution >= 0.6 is 0 Å². The Kier molecular flexibility index (Phi) is 17.7. The number of benzene rings is 18. The lowest BCUT2D eigenvalue weighted by atomic mass is 9.33. The number of rotatable bonds is 16. The first-order chi connectivity index (χ1) is 54.9. The zero-order valence-corrected chi connectivity index (χ0v) is 61.2. The van der Waals surface area contributed by atoms with E-state index in [1.165, 1.54) is 0 Å². The molecule has 0 aliphatic carbocycles. The second kappa shape index (κ2) is 29.3. The minimum absolute atomic E-state index is 0.144. The molecule has 20 rings (SSSR count). The molecule has 0 spiro atoms. The predicted molar refractivity (Wildman–Crippen MR) is 462 cm³/mol. The maximum absolute atomic E-state index is 7.07. The zero-order chi connectivity index (χ0) is 74.1. The van der Waals surface area contributed by atoms with E-state index in [9.17, 15) is 0 Å². The fourth-order valence-electron chi connectivity index (χ4n) is 16.1. The lowest BCUT2D eigenvalue weighted by Gasteiger charge is -2.37. The first kappa shape index (κ1) is 67.1. The van der Waals surface area contributed by atoms with Crippen LogP contribution in [0.2, 0.25) is 0 Å². The highest BCUT2D eigenvalue weighted by Gasteiger charge is 2.44. The Hall–Kier alpha value is -14.5. The van der Waals surface area contributed by atoms with Crippen LogP contribution in [0.4, 0.5) is 68.2 Å². The Morgan fingerprint density at radius 3 is 0.748 bits per heavy atom. The topological polar surface area (TPSA) is 49.9 Å². The van der Waals surface area contributed by atoms with Crippen LogP contribution in [0.1, 0.15) is 11.1 Å². The Morgan fingerprint density at radius 1 is 0.207 bits per heavy atom. The van der Waals surface area contributed by atoms with Crippen LogP contribution in [-0.4, -0.2) is 6.71 Å². The molecular formula is C102H73BN4O4. The molecule has 0 atom stereocenters. The number of fused-ring (bicyclic) bond motifs is 10. The van der Waals surface area contributed by atoms with Crippen molar-refractivity contribution >= 4 is 134 Å². The van der Waals surface area contributed by atoms with E-state index in [1.54, 1.807) is 0 Å². The fraction of sp³-hybridized carbons (Fsp3) is 0.0196. The van der Waals surface area contributed by atoms with Crippen molar-refractivity contribution in [3.05, 3.63) is 418 Å². The number of ether oxygens (including phenoxy) is 4. The summed E-state index contributed by atoms with van der Waals surface area (Å²) < 4.78 is 27.6. The van der Waals surface area contributed by atoms with Crippen LogP contribution in [0.5, 0.6) is 46.0 Å². The molecule has 111 heavy (non-hydrogen) atoms. The zero-order valence-electron chi connectivity index (χ0n) is 61.2. The molecule has 0 bridgehead atoms. The number of para-hydroxylation sites is 8. The summed E-state index contributed by atoms with van der Waals surface area (Å²) in [5, 5.41) is 9.01. The maximum atomic E-state index is 7.07. The van der Waals surface area contributed by atoms with Crippen LogP contribution < -0.4 is 54.9 Å². The molecule has 0 saturated carbocycles. The predicted octanol–water partition coefficient (Wildman–Crippen LogP) is 26.8. The second-order valence-corrected chi connectivity index (χ2v) is 28.1. The number of anilines is 12. The average molecular weight is 1430 g/mol. The van der Waals surface area contributed by atoms with Gasteiger partial charge in [-0.15, -0.1) is 0 Å². The molecule has 0 saturated heterocycles. The van der Waals surface area contributed by atoms with Gasteiger partial charge in [-0.25, -0.2) is 0 Å². The van der Waals surface area contributed by atoms with Gasteiger partial charge in [-0.3, -0.25) is 0 Å². The summed E-state index contributed by atoms with van der Waals surface area (Å²) >= 11 is 0. The smallest absolute Gasteiger partial charge is 0.262 e. The highest BCUT2D eigenvalue weighted by Crippen LogP contribution is 2.50. The molecule has 2 aliphatic rings. The van der Waals surface area contributed by atoms with Gasteiger partial charge in [0.15, 0.2) is 0 Å². The van der Waals surface area contributed by atoms with E-state index in [0.717, 1.165) is 173 Å². The van der Waals surface area contributed by atoms with Crippen LogP contribution in [0.3, 0.4) is 0 Å². The van der Waals surface area contributed by atoms with Gasteiger partial charge >= 0.3 is 0 Å². The molecule has 0 aromatic heterocycles. The SMILES string of the molecule is Cc1cc(Oc2cc(N(c3ccccc3)c3ccccc3)c3ccccc3c2)cc(Oc2cc(N(c3ccccc3)c3ccccc3)c3ccccc3c2)c1.Cc1cc2c3c(c1)Oc1cc(N(c4ccccc4)c4ccccc4)c4ccccc4c1B3c1c(cc(N(c3ccccc3)c3ccccc3)c3ccccc13)O2. The average Bonchev–Trinajstić information content (AvgIpc) is 0.697. The van der Waals surface area contributed by atoms with Gasteiger partial charge in [0.25, 0.3) is 6.71 Å². The van der Waals surface area contributed by atoms with Crippen molar-refractivity contribution in [3.63, 3.8) is 0 Å². The summed E-state index contributed by atoms with van der Waals surface area (Å²) in [6, 6.07) is 142. The summed E-state index contributed by atoms with van der Waals surface area (Å²) in [5.41, 5.74) is 18.2. The van der Waals surface area contributed by atoms with Gasteiger partial charge in [-0.2, -0.15) is 0 Å². The Morgan fingerprint density at radius 2 is 0.441 bits per heavy atom. The van der Waals surface area contributed by atoms with E-state index in [1.807, 2.05) is 42.5 Å². The van der Waals surface area contributed by atoms with E-state index in [4.69, 9.17) is 18.9 Å². The molecule has 0 amide bonds.